The summed E-state index contributed by atoms with van der Waals surface area (Å²) < 4.78 is 27.1. The molecule has 0 fully saturated rings. The van der Waals surface area contributed by atoms with Crippen molar-refractivity contribution in [3.8, 4) is 0 Å². The molecule has 2 rings (SSSR count). The summed E-state index contributed by atoms with van der Waals surface area (Å²) in [6, 6.07) is 11.3. The summed E-state index contributed by atoms with van der Waals surface area (Å²) in [4.78, 5) is 0.688. The Hall–Kier alpha value is -1.21. The van der Waals surface area contributed by atoms with Crippen LogP contribution in [0.5, 0.6) is 0 Å². The average molecular weight is 311 g/mol. The molecule has 108 valence electrons. The number of nitrogens with one attached hydrogen (secondary N) is 1. The molecule has 6 heteroatoms. The molecule has 0 aliphatic carbocycles. The molecule has 0 atom stereocenters. The summed E-state index contributed by atoms with van der Waals surface area (Å²) in [5, 5.41) is 9.12. The normalized spacial score (nSPS) is 11.7. The highest BCUT2D eigenvalue weighted by Gasteiger charge is 2.18. The molecule has 0 saturated heterocycles. The number of aliphatic hydroxyl groups is 1. The molecule has 0 saturated carbocycles. The van der Waals surface area contributed by atoms with Gasteiger partial charge in [0.1, 0.15) is 4.21 Å². The van der Waals surface area contributed by atoms with Gasteiger partial charge in [-0.3, -0.25) is 0 Å². The van der Waals surface area contributed by atoms with E-state index in [9.17, 15) is 8.42 Å². The van der Waals surface area contributed by atoms with Gasteiger partial charge in [0.05, 0.1) is 6.61 Å². The van der Waals surface area contributed by atoms with E-state index in [4.69, 9.17) is 5.11 Å². The molecule has 0 aliphatic heterocycles. The van der Waals surface area contributed by atoms with E-state index in [1.54, 1.807) is 13.0 Å². The van der Waals surface area contributed by atoms with Crippen molar-refractivity contribution in [3.63, 3.8) is 0 Å². The van der Waals surface area contributed by atoms with Crippen LogP contribution in [0.4, 0.5) is 0 Å². The maximum atomic E-state index is 12.1. The van der Waals surface area contributed by atoms with E-state index >= 15 is 0 Å². The third-order valence-corrected chi connectivity index (χ3v) is 6.11. The Morgan fingerprint density at radius 1 is 1.25 bits per heavy atom. The van der Waals surface area contributed by atoms with Crippen molar-refractivity contribution < 1.29 is 13.5 Å². The van der Waals surface area contributed by atoms with Gasteiger partial charge in [0.2, 0.25) is 10.0 Å². The van der Waals surface area contributed by atoms with Crippen LogP contribution < -0.4 is 4.72 Å². The number of hydrogen-bond acceptors (Lipinski definition) is 4. The lowest BCUT2D eigenvalue weighted by Gasteiger charge is -2.04. The van der Waals surface area contributed by atoms with Gasteiger partial charge in [-0.25, -0.2) is 13.1 Å². The zero-order chi connectivity index (χ0) is 14.6. The number of sulfonamides is 1. The first-order valence-corrected chi connectivity index (χ1v) is 8.56. The minimum atomic E-state index is -3.48. The molecule has 0 radical (unpaired) electrons. The van der Waals surface area contributed by atoms with Gasteiger partial charge in [-0.05, 0) is 30.5 Å². The second kappa shape index (κ2) is 6.49. The van der Waals surface area contributed by atoms with Crippen molar-refractivity contribution in [2.45, 2.75) is 24.2 Å². The summed E-state index contributed by atoms with van der Waals surface area (Å²) >= 11 is 1.11. The van der Waals surface area contributed by atoms with Crippen LogP contribution in [0.3, 0.4) is 0 Å². The first kappa shape index (κ1) is 15.2. The zero-order valence-electron chi connectivity index (χ0n) is 11.2. The molecular weight excluding hydrogens is 294 g/mol. The van der Waals surface area contributed by atoms with Crippen LogP contribution in [0.1, 0.15) is 16.0 Å². The molecule has 1 aromatic heterocycles. The second-order valence-electron chi connectivity index (χ2n) is 4.46. The summed E-state index contributed by atoms with van der Waals surface area (Å²) in [6.45, 7) is 2.03. The topological polar surface area (TPSA) is 66.4 Å². The number of benzene rings is 1. The van der Waals surface area contributed by atoms with Crippen molar-refractivity contribution in [3.05, 3.63) is 52.4 Å². The third kappa shape index (κ3) is 3.67. The van der Waals surface area contributed by atoms with Crippen molar-refractivity contribution in [1.29, 1.82) is 0 Å². The maximum absolute atomic E-state index is 12.1. The molecule has 20 heavy (non-hydrogen) atoms. The summed E-state index contributed by atoms with van der Waals surface area (Å²) in [5.74, 6) is 0. The largest absolute Gasteiger partial charge is 0.391 e. The third-order valence-electron chi connectivity index (χ3n) is 2.96. The molecule has 0 amide bonds. The van der Waals surface area contributed by atoms with Crippen LogP contribution in [0.2, 0.25) is 0 Å². The van der Waals surface area contributed by atoms with Crippen LogP contribution in [0.15, 0.2) is 40.6 Å². The molecule has 0 aliphatic rings. The van der Waals surface area contributed by atoms with E-state index in [1.807, 2.05) is 30.3 Å². The minimum Gasteiger partial charge on any atom is -0.391 e. The fraction of sp³-hybridized carbons (Fsp3) is 0.286. The number of aliphatic hydroxyl groups excluding tert-OH is 1. The van der Waals surface area contributed by atoms with Gasteiger partial charge in [-0.1, -0.05) is 30.3 Å². The van der Waals surface area contributed by atoms with Crippen molar-refractivity contribution >= 4 is 21.4 Å². The van der Waals surface area contributed by atoms with Crippen molar-refractivity contribution in [2.75, 3.05) is 6.54 Å². The molecule has 0 bridgehead atoms. The van der Waals surface area contributed by atoms with Gasteiger partial charge >= 0.3 is 0 Å². The molecule has 2 N–H and O–H groups in total. The lowest BCUT2D eigenvalue weighted by Crippen LogP contribution is -2.25. The number of hydrogen-bond donors (Lipinski definition) is 2. The van der Waals surface area contributed by atoms with Crippen LogP contribution in [-0.4, -0.2) is 20.1 Å². The van der Waals surface area contributed by atoms with E-state index in [1.165, 1.54) is 0 Å². The first-order chi connectivity index (χ1) is 9.53. The van der Waals surface area contributed by atoms with Crippen LogP contribution in [-0.2, 0) is 23.1 Å². The fourth-order valence-corrected chi connectivity index (χ4v) is 4.35. The highest BCUT2D eigenvalue weighted by atomic mass is 32.2. The highest BCUT2D eigenvalue weighted by molar-refractivity contribution is 7.91. The standard InChI is InChI=1S/C14H17NO3S2/c1-11-9-14(19-13(11)10-16)20(17,18)15-8-7-12-5-3-2-4-6-12/h2-6,9,15-16H,7-8,10H2,1H3. The predicted octanol–water partition coefficient (Wildman–Crippen LogP) is 2.07. The van der Waals surface area contributed by atoms with Gasteiger partial charge in [-0.2, -0.15) is 0 Å². The van der Waals surface area contributed by atoms with E-state index in [2.05, 4.69) is 4.72 Å². The molecule has 0 unspecified atom stereocenters. The Kier molecular flexibility index (Phi) is 4.93. The molecule has 4 nitrogen and oxygen atoms in total. The number of rotatable bonds is 6. The lowest BCUT2D eigenvalue weighted by molar-refractivity contribution is 0.285. The fourth-order valence-electron chi connectivity index (χ4n) is 1.82. The van der Waals surface area contributed by atoms with Crippen LogP contribution in [0.25, 0.3) is 0 Å². The minimum absolute atomic E-state index is 0.129. The van der Waals surface area contributed by atoms with E-state index in [0.717, 1.165) is 22.5 Å². The summed E-state index contributed by atoms with van der Waals surface area (Å²) in [7, 11) is -3.48. The van der Waals surface area contributed by atoms with Gasteiger partial charge < -0.3 is 5.11 Å². The Morgan fingerprint density at radius 3 is 2.55 bits per heavy atom. The Bertz CT molecular complexity index is 663. The average Bonchev–Trinajstić information content (AvgIpc) is 2.82. The SMILES string of the molecule is Cc1cc(S(=O)(=O)NCCc2ccccc2)sc1CO. The predicted molar refractivity (Wildman–Crippen MR) is 80.3 cm³/mol. The number of aryl methyl sites for hydroxylation is 1. The Labute approximate surface area is 123 Å². The highest BCUT2D eigenvalue weighted by Crippen LogP contribution is 2.25. The monoisotopic (exact) mass is 311 g/mol. The van der Waals surface area contributed by atoms with E-state index in [-0.39, 0.29) is 10.8 Å². The van der Waals surface area contributed by atoms with Crippen LogP contribution >= 0.6 is 11.3 Å². The number of thiophene rings is 1. The van der Waals surface area contributed by atoms with Gasteiger partial charge in [0, 0.05) is 11.4 Å². The van der Waals surface area contributed by atoms with Crippen molar-refractivity contribution in [1.82, 2.24) is 4.72 Å². The summed E-state index contributed by atoms with van der Waals surface area (Å²) in [6.07, 6.45) is 0.650. The Morgan fingerprint density at radius 2 is 1.95 bits per heavy atom. The van der Waals surface area contributed by atoms with Gasteiger partial charge in [0.25, 0.3) is 0 Å². The molecule has 1 heterocycles. The molecule has 1 aromatic carbocycles. The molecular formula is C14H17NO3S2. The zero-order valence-corrected chi connectivity index (χ0v) is 12.8. The van der Waals surface area contributed by atoms with Gasteiger partial charge in [0.15, 0.2) is 0 Å². The smallest absolute Gasteiger partial charge is 0.250 e. The van der Waals surface area contributed by atoms with E-state index in [0.29, 0.717) is 17.8 Å². The molecule has 0 spiro atoms. The second-order valence-corrected chi connectivity index (χ2v) is 7.59. The Balaban J connectivity index is 2.00. The van der Waals surface area contributed by atoms with Crippen molar-refractivity contribution in [2.24, 2.45) is 0 Å². The van der Waals surface area contributed by atoms with E-state index < -0.39 is 10.0 Å². The summed E-state index contributed by atoms with van der Waals surface area (Å²) in [5.41, 5.74) is 1.90. The molecule has 2 aromatic rings. The van der Waals surface area contributed by atoms with Gasteiger partial charge in [-0.15, -0.1) is 11.3 Å². The van der Waals surface area contributed by atoms with Crippen LogP contribution in [0, 0.1) is 6.92 Å². The maximum Gasteiger partial charge on any atom is 0.250 e. The first-order valence-electron chi connectivity index (χ1n) is 6.26. The quantitative estimate of drug-likeness (QED) is 0.858. The lowest BCUT2D eigenvalue weighted by atomic mass is 10.2.